The first-order valence-electron chi connectivity index (χ1n) is 10.1. The maximum Gasteiger partial charge on any atom is 0.234 e. The second-order valence-electron chi connectivity index (χ2n) is 7.72. The zero-order chi connectivity index (χ0) is 19.3. The van der Waals surface area contributed by atoms with Crippen molar-refractivity contribution in [1.29, 1.82) is 0 Å². The molecule has 2 aromatic rings. The minimum atomic E-state index is -0.169. The van der Waals surface area contributed by atoms with E-state index in [9.17, 15) is 4.79 Å². The van der Waals surface area contributed by atoms with Crippen molar-refractivity contribution in [3.63, 3.8) is 0 Å². The van der Waals surface area contributed by atoms with Crippen LogP contribution in [0.3, 0.4) is 0 Å². The maximum absolute atomic E-state index is 12.3. The molecule has 0 unspecified atom stereocenters. The fourth-order valence-corrected chi connectivity index (χ4v) is 3.81. The van der Waals surface area contributed by atoms with Gasteiger partial charge in [-0.25, -0.2) is 0 Å². The van der Waals surface area contributed by atoms with E-state index in [0.29, 0.717) is 19.7 Å². The van der Waals surface area contributed by atoms with E-state index in [2.05, 4.69) is 40.5 Å². The number of ether oxygens (including phenoxy) is 1. The first-order valence-corrected chi connectivity index (χ1v) is 10.1. The summed E-state index contributed by atoms with van der Waals surface area (Å²) in [7, 11) is 2.12. The van der Waals surface area contributed by atoms with E-state index in [4.69, 9.17) is 9.84 Å². The lowest BCUT2D eigenvalue weighted by atomic mass is 10.1. The number of fused-ring (bicyclic) bond motifs is 1. The molecule has 0 spiro atoms. The quantitative estimate of drug-likeness (QED) is 0.803. The van der Waals surface area contributed by atoms with Crippen LogP contribution in [-0.4, -0.2) is 78.4 Å². The van der Waals surface area contributed by atoms with Gasteiger partial charge in [-0.3, -0.25) is 14.4 Å². The second kappa shape index (κ2) is 8.86. The molecule has 2 aliphatic rings. The molecule has 1 aromatic heterocycles. The molecular formula is C21H29N5O2. The molecule has 7 heteroatoms. The lowest BCUT2D eigenvalue weighted by Crippen LogP contribution is -2.48. The number of nitrogens with one attached hydrogen (secondary N) is 1. The summed E-state index contributed by atoms with van der Waals surface area (Å²) in [6, 6.07) is 10.3. The molecule has 2 aliphatic heterocycles. The van der Waals surface area contributed by atoms with Gasteiger partial charge < -0.3 is 15.0 Å². The van der Waals surface area contributed by atoms with Gasteiger partial charge in [-0.15, -0.1) is 0 Å². The van der Waals surface area contributed by atoms with E-state index in [1.807, 2.05) is 22.9 Å². The van der Waals surface area contributed by atoms with Crippen molar-refractivity contribution in [2.75, 3.05) is 52.9 Å². The van der Waals surface area contributed by atoms with E-state index in [0.717, 1.165) is 44.8 Å². The number of rotatable bonds is 6. The van der Waals surface area contributed by atoms with Crippen molar-refractivity contribution in [2.24, 2.45) is 0 Å². The number of likely N-dealkylation sites (N-methyl/N-ethyl adjacent to an activating group) is 1. The summed E-state index contributed by atoms with van der Waals surface area (Å²) in [6.07, 6.45) is 2.82. The Balaban J connectivity index is 1.32. The number of hydrogen-bond donors (Lipinski definition) is 1. The van der Waals surface area contributed by atoms with Gasteiger partial charge in [-0.2, -0.15) is 5.10 Å². The van der Waals surface area contributed by atoms with Crippen LogP contribution < -0.4 is 5.32 Å². The number of benzene rings is 1. The molecule has 1 fully saturated rings. The lowest BCUT2D eigenvalue weighted by molar-refractivity contribution is -0.123. The Kier molecular flexibility index (Phi) is 6.04. The molecule has 0 radical (unpaired) electrons. The van der Waals surface area contributed by atoms with Gasteiger partial charge in [-0.1, -0.05) is 30.3 Å². The second-order valence-corrected chi connectivity index (χ2v) is 7.72. The number of hydrogen-bond acceptors (Lipinski definition) is 5. The molecule has 1 saturated heterocycles. The molecule has 28 heavy (non-hydrogen) atoms. The number of nitrogens with zero attached hydrogens (tertiary/aromatic N) is 4. The minimum Gasteiger partial charge on any atom is -0.370 e. The van der Waals surface area contributed by atoms with Gasteiger partial charge in [0.15, 0.2) is 0 Å². The summed E-state index contributed by atoms with van der Waals surface area (Å²) in [5.41, 5.74) is 3.41. The molecule has 1 amide bonds. The first-order chi connectivity index (χ1) is 13.7. The largest absolute Gasteiger partial charge is 0.370 e. The fourth-order valence-electron chi connectivity index (χ4n) is 3.81. The van der Waals surface area contributed by atoms with Crippen molar-refractivity contribution < 1.29 is 9.53 Å². The Morgan fingerprint density at radius 1 is 1.21 bits per heavy atom. The summed E-state index contributed by atoms with van der Waals surface area (Å²) >= 11 is 0. The molecule has 3 heterocycles. The van der Waals surface area contributed by atoms with E-state index >= 15 is 0 Å². The Morgan fingerprint density at radius 2 is 2.00 bits per heavy atom. The van der Waals surface area contributed by atoms with E-state index in [1.54, 1.807) is 0 Å². The highest BCUT2D eigenvalue weighted by molar-refractivity contribution is 5.78. The zero-order valence-corrected chi connectivity index (χ0v) is 16.5. The van der Waals surface area contributed by atoms with Crippen LogP contribution in [0, 0.1) is 0 Å². The summed E-state index contributed by atoms with van der Waals surface area (Å²) < 4.78 is 7.89. The lowest BCUT2D eigenvalue weighted by Gasteiger charge is -2.32. The van der Waals surface area contributed by atoms with E-state index in [1.165, 1.54) is 11.1 Å². The van der Waals surface area contributed by atoms with Gasteiger partial charge in [0.05, 0.1) is 25.4 Å². The van der Waals surface area contributed by atoms with Crippen molar-refractivity contribution in [2.45, 2.75) is 19.1 Å². The molecule has 150 valence electrons. The summed E-state index contributed by atoms with van der Waals surface area (Å²) in [4.78, 5) is 16.8. The highest BCUT2D eigenvalue weighted by atomic mass is 16.5. The number of aromatic nitrogens is 2. The topological polar surface area (TPSA) is 62.6 Å². The van der Waals surface area contributed by atoms with Crippen LogP contribution in [0.5, 0.6) is 0 Å². The molecule has 4 rings (SSSR count). The van der Waals surface area contributed by atoms with Crippen LogP contribution >= 0.6 is 0 Å². The van der Waals surface area contributed by atoms with Crippen LogP contribution in [0.2, 0.25) is 0 Å². The third-order valence-corrected chi connectivity index (χ3v) is 5.50. The first kappa shape index (κ1) is 19.1. The molecule has 1 atom stereocenters. The number of piperazine rings is 1. The van der Waals surface area contributed by atoms with Crippen molar-refractivity contribution in [3.05, 3.63) is 53.3 Å². The summed E-state index contributed by atoms with van der Waals surface area (Å²) in [6.45, 7) is 6.26. The predicted octanol–water partition coefficient (Wildman–Crippen LogP) is 0.909. The zero-order valence-electron chi connectivity index (χ0n) is 16.5. The van der Waals surface area contributed by atoms with Crippen LogP contribution in [0.15, 0.2) is 36.5 Å². The third kappa shape index (κ3) is 4.79. The average molecular weight is 383 g/mol. The molecule has 7 nitrogen and oxygen atoms in total. The normalized spacial score (nSPS) is 20.7. The van der Waals surface area contributed by atoms with Gasteiger partial charge in [0, 0.05) is 38.9 Å². The highest BCUT2D eigenvalue weighted by Gasteiger charge is 2.25. The van der Waals surface area contributed by atoms with Crippen LogP contribution in [-0.2, 0) is 22.5 Å². The smallest absolute Gasteiger partial charge is 0.234 e. The Hall–Kier alpha value is -2.22. The van der Waals surface area contributed by atoms with Gasteiger partial charge in [-0.05, 0) is 24.6 Å². The minimum absolute atomic E-state index is 0.0593. The molecule has 0 bridgehead atoms. The summed E-state index contributed by atoms with van der Waals surface area (Å²) in [5, 5.41) is 7.80. The van der Waals surface area contributed by atoms with Gasteiger partial charge in [0.25, 0.3) is 0 Å². The Morgan fingerprint density at radius 3 is 2.79 bits per heavy atom. The SMILES string of the molecule is CN1CCN(CC(=O)NC[C@H]2OCCc3cn(Cc4ccccc4)nc32)CC1. The molecular weight excluding hydrogens is 354 g/mol. The number of carbonyl (C=O) groups excluding carboxylic acids is 1. The highest BCUT2D eigenvalue weighted by Crippen LogP contribution is 2.25. The Labute approximate surface area is 166 Å². The van der Waals surface area contributed by atoms with E-state index in [-0.39, 0.29) is 12.0 Å². The van der Waals surface area contributed by atoms with Crippen LogP contribution in [0.4, 0.5) is 0 Å². The Bertz CT molecular complexity index is 783. The molecule has 0 saturated carbocycles. The fraction of sp³-hybridized carbons (Fsp3) is 0.524. The summed E-state index contributed by atoms with van der Waals surface area (Å²) in [5.74, 6) is 0.0593. The van der Waals surface area contributed by atoms with Crippen molar-refractivity contribution >= 4 is 5.91 Å². The van der Waals surface area contributed by atoms with Crippen molar-refractivity contribution in [1.82, 2.24) is 24.9 Å². The van der Waals surface area contributed by atoms with Crippen LogP contribution in [0.25, 0.3) is 0 Å². The average Bonchev–Trinajstić information content (AvgIpc) is 3.12. The molecule has 0 aliphatic carbocycles. The third-order valence-electron chi connectivity index (χ3n) is 5.50. The number of carbonyl (C=O) groups is 1. The monoisotopic (exact) mass is 383 g/mol. The van der Waals surface area contributed by atoms with Crippen LogP contribution in [0.1, 0.15) is 22.9 Å². The number of amides is 1. The molecule has 1 N–H and O–H groups in total. The van der Waals surface area contributed by atoms with Gasteiger partial charge in [0.1, 0.15) is 6.10 Å². The standard InChI is InChI=1S/C21H29N5O2/c1-24-8-10-25(11-9-24)16-20(27)22-13-19-21-18(7-12-28-19)15-26(23-21)14-17-5-3-2-4-6-17/h2-6,15,19H,7-14,16H2,1H3,(H,22,27)/t19-/m1/s1. The van der Waals surface area contributed by atoms with Crippen molar-refractivity contribution in [3.8, 4) is 0 Å². The van der Waals surface area contributed by atoms with E-state index < -0.39 is 0 Å². The predicted molar refractivity (Wildman–Crippen MR) is 107 cm³/mol. The maximum atomic E-state index is 12.3. The van der Waals surface area contributed by atoms with Gasteiger partial charge in [0.2, 0.25) is 5.91 Å². The van der Waals surface area contributed by atoms with Gasteiger partial charge >= 0.3 is 0 Å². The molecule has 1 aromatic carbocycles.